The molecule has 4 aromatic carbocycles. The number of ether oxygens (including phenoxy) is 4. The first-order valence-electron chi connectivity index (χ1n) is 23.7. The van der Waals surface area contributed by atoms with E-state index in [9.17, 15) is 36.0 Å². The number of anilines is 2. The second-order valence-corrected chi connectivity index (χ2v) is 23.7. The van der Waals surface area contributed by atoms with E-state index in [0.717, 1.165) is 10.9 Å². The summed E-state index contributed by atoms with van der Waals surface area (Å²) in [6.07, 6.45) is -0.870. The third-order valence-corrected chi connectivity index (χ3v) is 15.2. The van der Waals surface area contributed by atoms with Crippen LogP contribution in [0, 0.1) is 0 Å². The molecule has 0 radical (unpaired) electrons. The van der Waals surface area contributed by atoms with Crippen molar-refractivity contribution in [1.29, 1.82) is 0 Å². The van der Waals surface area contributed by atoms with Gasteiger partial charge in [0.1, 0.15) is 11.2 Å². The zero-order chi connectivity index (χ0) is 54.5. The van der Waals surface area contributed by atoms with Crippen molar-refractivity contribution in [2.45, 2.75) is 116 Å². The number of rotatable bonds is 11. The summed E-state index contributed by atoms with van der Waals surface area (Å²) >= 11 is 3.32. The van der Waals surface area contributed by atoms with Gasteiger partial charge in [-0.25, -0.2) is 19.2 Å². The molecule has 2 aliphatic heterocycles. The summed E-state index contributed by atoms with van der Waals surface area (Å²) in [5.74, 6) is -0.754. The highest BCUT2D eigenvalue weighted by Crippen LogP contribution is 2.29. The summed E-state index contributed by atoms with van der Waals surface area (Å²) in [5.41, 5.74) is 2.62. The van der Waals surface area contributed by atoms with Crippen LogP contribution in [-0.2, 0) is 51.2 Å². The molecule has 2 saturated heterocycles. The van der Waals surface area contributed by atoms with Crippen molar-refractivity contribution in [3.63, 3.8) is 0 Å². The third kappa shape index (κ3) is 17.4. The van der Waals surface area contributed by atoms with Crippen molar-refractivity contribution in [3.8, 4) is 0 Å². The standard InChI is InChI=1S/C26H35N3O6S.C17H27N3O4S.C9H9BrO2/c1-19-16-27(17-20(2)29(19)25(31)35-26(3,4)5)36(32,33)28(23-10-8-7-9-11-23)18-21-12-14-22(15-13-21)24(30)34-6;1-13-11-19(25(22,23)18-15-9-7-6-8-10-15)12-14(2)20(13)16(21)24-17(3,4)5;1-12-9(11)8-4-2-7(6-10)3-5-8/h7-15,19-20H,16-18H2,1-6H3;6-10,13-14,18H,11-12H2,1-5H3;2-5H,6H2,1H3/t19-,20+;13-,14+;. The van der Waals surface area contributed by atoms with Gasteiger partial charge in [-0.3, -0.25) is 9.03 Å². The van der Waals surface area contributed by atoms with Crippen molar-refractivity contribution in [1.82, 2.24) is 18.4 Å². The number of alkyl halides is 1. The highest BCUT2D eigenvalue weighted by Gasteiger charge is 2.42. The minimum atomic E-state index is -3.96. The van der Waals surface area contributed by atoms with Gasteiger partial charge in [-0.2, -0.15) is 25.4 Å². The van der Waals surface area contributed by atoms with Crippen LogP contribution in [0.25, 0.3) is 0 Å². The van der Waals surface area contributed by atoms with Gasteiger partial charge in [-0.1, -0.05) is 76.6 Å². The van der Waals surface area contributed by atoms with Gasteiger partial charge in [-0.05, 0) is 129 Å². The number of hydrogen-bond acceptors (Lipinski definition) is 12. The molecule has 2 amide bonds. The van der Waals surface area contributed by atoms with Crippen LogP contribution in [0.2, 0.25) is 0 Å². The van der Waals surface area contributed by atoms with Crippen molar-refractivity contribution < 1.29 is 55.0 Å². The summed E-state index contributed by atoms with van der Waals surface area (Å²) in [6, 6.07) is 30.2. The number of methoxy groups -OCH3 is 2. The van der Waals surface area contributed by atoms with Crippen LogP contribution < -0.4 is 9.03 Å². The Morgan fingerprint density at radius 2 is 0.945 bits per heavy atom. The first-order valence-corrected chi connectivity index (χ1v) is 27.7. The van der Waals surface area contributed by atoms with E-state index in [2.05, 4.69) is 25.4 Å². The number of amides is 2. The zero-order valence-electron chi connectivity index (χ0n) is 43.8. The van der Waals surface area contributed by atoms with Gasteiger partial charge in [-0.15, -0.1) is 0 Å². The molecule has 2 aliphatic rings. The third-order valence-electron chi connectivity index (χ3n) is 11.2. The van der Waals surface area contributed by atoms with Crippen LogP contribution >= 0.6 is 15.9 Å². The van der Waals surface area contributed by atoms with E-state index in [1.54, 1.807) is 116 Å². The van der Waals surface area contributed by atoms with E-state index >= 15 is 0 Å². The fourth-order valence-corrected chi connectivity index (χ4v) is 11.5. The maximum Gasteiger partial charge on any atom is 0.410 e. The molecule has 0 spiro atoms. The minimum Gasteiger partial charge on any atom is -0.465 e. The Morgan fingerprint density at radius 3 is 1.32 bits per heavy atom. The van der Waals surface area contributed by atoms with E-state index in [-0.39, 0.29) is 62.9 Å². The second-order valence-electron chi connectivity index (χ2n) is 19.6. The molecule has 0 aromatic heterocycles. The van der Waals surface area contributed by atoms with Gasteiger partial charge in [0.25, 0.3) is 0 Å². The van der Waals surface area contributed by atoms with Crippen LogP contribution in [0.1, 0.15) is 101 Å². The predicted octanol–water partition coefficient (Wildman–Crippen LogP) is 9.10. The molecule has 0 bridgehead atoms. The highest BCUT2D eigenvalue weighted by molar-refractivity contribution is 9.08. The van der Waals surface area contributed by atoms with Crippen LogP contribution in [0.15, 0.2) is 109 Å². The fourth-order valence-electron chi connectivity index (χ4n) is 7.92. The molecule has 4 aromatic rings. The Labute approximate surface area is 440 Å². The van der Waals surface area contributed by atoms with E-state index in [0.29, 0.717) is 28.1 Å². The topological polar surface area (TPSA) is 202 Å². The molecule has 6 rings (SSSR count). The predicted molar refractivity (Wildman–Crippen MR) is 286 cm³/mol. The zero-order valence-corrected chi connectivity index (χ0v) is 47.0. The number of piperazine rings is 2. The summed E-state index contributed by atoms with van der Waals surface area (Å²) in [4.78, 5) is 51.2. The average Bonchev–Trinajstić information content (AvgIpc) is 3.32. The molecule has 4 atom stereocenters. The lowest BCUT2D eigenvalue weighted by Crippen LogP contribution is -2.62. The smallest absolute Gasteiger partial charge is 0.410 e. The van der Waals surface area contributed by atoms with Gasteiger partial charge in [0.15, 0.2) is 0 Å². The molecule has 400 valence electrons. The van der Waals surface area contributed by atoms with Gasteiger partial charge in [0.05, 0.1) is 37.6 Å². The van der Waals surface area contributed by atoms with E-state index in [1.807, 2.05) is 72.7 Å². The molecule has 21 heteroatoms. The summed E-state index contributed by atoms with van der Waals surface area (Å²) < 4.78 is 80.2. The van der Waals surface area contributed by atoms with Crippen molar-refractivity contribution in [2.75, 3.05) is 49.4 Å². The van der Waals surface area contributed by atoms with Crippen molar-refractivity contribution >= 4 is 71.8 Å². The Hall–Kier alpha value is -5.74. The minimum absolute atomic E-state index is 0.0723. The van der Waals surface area contributed by atoms with E-state index < -0.39 is 49.8 Å². The Bertz CT molecular complexity index is 2650. The molecule has 2 fully saturated rings. The quantitative estimate of drug-likeness (QED) is 0.0850. The molecule has 0 unspecified atom stereocenters. The molecule has 0 aliphatic carbocycles. The van der Waals surface area contributed by atoms with Crippen LogP contribution in [0.5, 0.6) is 0 Å². The van der Waals surface area contributed by atoms with Gasteiger partial charge < -0.3 is 28.7 Å². The maximum absolute atomic E-state index is 14.0. The largest absolute Gasteiger partial charge is 0.465 e. The van der Waals surface area contributed by atoms with Crippen LogP contribution in [0.4, 0.5) is 21.0 Å². The monoisotopic (exact) mass is 1110 g/mol. The maximum atomic E-state index is 14.0. The molecular weight excluding hydrogens is 1040 g/mol. The number of nitrogens with zero attached hydrogens (tertiary/aromatic N) is 5. The fraction of sp³-hybridized carbons (Fsp3) is 0.462. The van der Waals surface area contributed by atoms with E-state index in [4.69, 9.17) is 14.2 Å². The molecular formula is C52H71BrN6O12S2. The van der Waals surface area contributed by atoms with Crippen LogP contribution in [0.3, 0.4) is 0 Å². The van der Waals surface area contributed by atoms with Gasteiger partial charge in [0, 0.05) is 61.4 Å². The average molecular weight is 1120 g/mol. The highest BCUT2D eigenvalue weighted by atomic mass is 79.9. The first-order chi connectivity index (χ1) is 34.1. The van der Waals surface area contributed by atoms with E-state index in [1.165, 1.54) is 27.1 Å². The summed E-state index contributed by atoms with van der Waals surface area (Å²) in [5, 5.41) is 0.800. The van der Waals surface area contributed by atoms with Crippen molar-refractivity contribution in [3.05, 3.63) is 131 Å². The van der Waals surface area contributed by atoms with Crippen molar-refractivity contribution in [2.24, 2.45) is 0 Å². The number of nitrogens with one attached hydrogen (secondary N) is 1. The lowest BCUT2D eigenvalue weighted by atomic mass is 10.1. The molecule has 2 heterocycles. The number of halogens is 1. The number of esters is 2. The van der Waals surface area contributed by atoms with Crippen LogP contribution in [-0.4, -0.2) is 135 Å². The normalized spacial score (nSPS) is 18.6. The first kappa shape index (κ1) is 59.8. The number of para-hydroxylation sites is 2. The molecule has 0 saturated carbocycles. The summed E-state index contributed by atoms with van der Waals surface area (Å²) in [6.45, 7) is 18.9. The Morgan fingerprint density at radius 1 is 0.575 bits per heavy atom. The van der Waals surface area contributed by atoms with Gasteiger partial charge >= 0.3 is 44.5 Å². The Balaban J connectivity index is 0.000000268. The lowest BCUT2D eigenvalue weighted by Gasteiger charge is -2.45. The number of carbonyl (C=O) groups excluding carboxylic acids is 4. The molecule has 73 heavy (non-hydrogen) atoms. The summed E-state index contributed by atoms with van der Waals surface area (Å²) in [7, 11) is -4.96. The molecule has 1 N–H and O–H groups in total. The number of carbonyl (C=O) groups is 4. The molecule has 18 nitrogen and oxygen atoms in total. The number of hydrogen-bond donors (Lipinski definition) is 1. The Kier molecular flexibility index (Phi) is 21.3. The number of benzene rings is 4. The SMILES string of the molecule is COC(=O)c1ccc(CBr)cc1.COC(=O)c1ccc(CN(c2ccccc2)S(=O)(=O)N2C[C@@H](C)N(C(=O)OC(C)(C)C)[C@@H](C)C2)cc1.C[C@@H]1CN(S(=O)(=O)Nc2ccccc2)C[C@H](C)N1C(=O)OC(C)(C)C. The van der Waals surface area contributed by atoms with Gasteiger partial charge in [0.2, 0.25) is 0 Å². The second kappa shape index (κ2) is 26.0. The lowest BCUT2D eigenvalue weighted by molar-refractivity contribution is -0.00591.